The van der Waals surface area contributed by atoms with Crippen LogP contribution in [0.25, 0.3) is 0 Å². The summed E-state index contributed by atoms with van der Waals surface area (Å²) in [6, 6.07) is 5.64. The molecule has 16 heavy (non-hydrogen) atoms. The predicted molar refractivity (Wildman–Crippen MR) is 72.4 cm³/mol. The average molecular weight is 307 g/mol. The first-order chi connectivity index (χ1) is 7.67. The van der Waals surface area contributed by atoms with Crippen molar-refractivity contribution in [3.05, 3.63) is 27.7 Å². The van der Waals surface area contributed by atoms with Crippen LogP contribution in [0.2, 0.25) is 5.02 Å². The van der Waals surface area contributed by atoms with E-state index < -0.39 is 0 Å². The van der Waals surface area contributed by atoms with Crippen LogP contribution in [0.1, 0.15) is 19.8 Å². The highest BCUT2D eigenvalue weighted by atomic mass is 79.9. The molecule has 0 amide bonds. The highest BCUT2D eigenvalue weighted by Gasteiger charge is 2.11. The number of benzene rings is 1. The quantitative estimate of drug-likeness (QED) is 0.861. The number of likely N-dealkylation sites (N-methyl/N-ethyl adjacent to an activating group) is 1. The van der Waals surface area contributed by atoms with E-state index in [2.05, 4.69) is 28.2 Å². The summed E-state index contributed by atoms with van der Waals surface area (Å²) in [5.74, 6) is 0.741. The Bertz CT molecular complexity index is 327. The van der Waals surface area contributed by atoms with Crippen LogP contribution in [0.4, 0.5) is 0 Å². The molecule has 0 bridgehead atoms. The Hall–Kier alpha value is -0.250. The normalized spacial score (nSPS) is 12.5. The maximum absolute atomic E-state index is 6.07. The maximum Gasteiger partial charge on any atom is 0.139 e. The third-order valence-corrected chi connectivity index (χ3v) is 3.03. The maximum atomic E-state index is 6.07. The van der Waals surface area contributed by atoms with Crippen molar-refractivity contribution in [1.82, 2.24) is 5.32 Å². The van der Waals surface area contributed by atoms with Crippen molar-refractivity contribution < 1.29 is 4.74 Å². The Morgan fingerprint density at radius 3 is 2.88 bits per heavy atom. The molecule has 0 heterocycles. The first-order valence-corrected chi connectivity index (χ1v) is 6.60. The van der Waals surface area contributed by atoms with Gasteiger partial charge >= 0.3 is 0 Å². The smallest absolute Gasteiger partial charge is 0.139 e. The summed E-state index contributed by atoms with van der Waals surface area (Å²) in [5, 5.41) is 3.78. The lowest BCUT2D eigenvalue weighted by Crippen LogP contribution is -2.29. The molecule has 0 aliphatic carbocycles. The van der Waals surface area contributed by atoms with Crippen LogP contribution >= 0.6 is 27.5 Å². The van der Waals surface area contributed by atoms with Crippen molar-refractivity contribution in [2.75, 3.05) is 13.6 Å². The van der Waals surface area contributed by atoms with Gasteiger partial charge in [-0.15, -0.1) is 0 Å². The van der Waals surface area contributed by atoms with E-state index in [4.69, 9.17) is 16.3 Å². The van der Waals surface area contributed by atoms with Gasteiger partial charge in [0.1, 0.15) is 11.9 Å². The van der Waals surface area contributed by atoms with Crippen LogP contribution in [0, 0.1) is 0 Å². The zero-order chi connectivity index (χ0) is 12.0. The molecule has 0 aliphatic heterocycles. The third-order valence-electron chi connectivity index (χ3n) is 2.23. The van der Waals surface area contributed by atoms with Gasteiger partial charge in [0.2, 0.25) is 0 Å². The first-order valence-electron chi connectivity index (χ1n) is 5.43. The van der Waals surface area contributed by atoms with Crippen LogP contribution in [-0.4, -0.2) is 19.7 Å². The van der Waals surface area contributed by atoms with Crippen molar-refractivity contribution in [1.29, 1.82) is 0 Å². The molecule has 1 unspecified atom stereocenters. The van der Waals surface area contributed by atoms with Crippen LogP contribution in [0.15, 0.2) is 22.7 Å². The highest BCUT2D eigenvalue weighted by Crippen LogP contribution is 2.29. The van der Waals surface area contributed by atoms with Gasteiger partial charge in [0.05, 0.1) is 5.02 Å². The highest BCUT2D eigenvalue weighted by molar-refractivity contribution is 9.10. The zero-order valence-electron chi connectivity index (χ0n) is 9.59. The fourth-order valence-electron chi connectivity index (χ4n) is 1.50. The predicted octanol–water partition coefficient (Wildman–Crippen LogP) is 3.87. The van der Waals surface area contributed by atoms with E-state index in [1.165, 1.54) is 0 Å². The summed E-state index contributed by atoms with van der Waals surface area (Å²) in [5.41, 5.74) is 0. The monoisotopic (exact) mass is 305 g/mol. The summed E-state index contributed by atoms with van der Waals surface area (Å²) in [6.07, 6.45) is 2.28. The first kappa shape index (κ1) is 13.8. The molecule has 1 atom stereocenters. The molecule has 0 spiro atoms. The Kier molecular flexibility index (Phi) is 6.17. The summed E-state index contributed by atoms with van der Waals surface area (Å²) < 4.78 is 6.86. The fraction of sp³-hybridized carbons (Fsp3) is 0.500. The Labute approximate surface area is 110 Å². The molecule has 0 aromatic heterocycles. The Balaban J connectivity index is 2.71. The molecule has 2 nitrogen and oxygen atoms in total. The standard InChI is InChI=1S/C12H17BrClNO/c1-3-4-10(8-15-2)16-12-7-9(13)5-6-11(12)14/h5-7,10,15H,3-4,8H2,1-2H3. The molecule has 1 N–H and O–H groups in total. The molecule has 1 aromatic rings. The molecular weight excluding hydrogens is 289 g/mol. The van der Waals surface area contributed by atoms with Crippen LogP contribution < -0.4 is 10.1 Å². The molecule has 0 saturated carbocycles. The molecule has 0 aliphatic rings. The van der Waals surface area contributed by atoms with E-state index in [0.29, 0.717) is 5.02 Å². The minimum atomic E-state index is 0.168. The van der Waals surface area contributed by atoms with Crippen molar-refractivity contribution in [3.63, 3.8) is 0 Å². The minimum Gasteiger partial charge on any atom is -0.488 e. The second kappa shape index (κ2) is 7.15. The van der Waals surface area contributed by atoms with E-state index in [1.807, 2.05) is 25.2 Å². The topological polar surface area (TPSA) is 21.3 Å². The van der Waals surface area contributed by atoms with E-state index in [-0.39, 0.29) is 6.10 Å². The summed E-state index contributed by atoms with van der Waals surface area (Å²) >= 11 is 9.48. The third kappa shape index (κ3) is 4.32. The lowest BCUT2D eigenvalue weighted by Gasteiger charge is -2.19. The van der Waals surface area contributed by atoms with Gasteiger partial charge in [-0.3, -0.25) is 0 Å². The van der Waals surface area contributed by atoms with Gasteiger partial charge in [-0.05, 0) is 31.7 Å². The van der Waals surface area contributed by atoms with Gasteiger partial charge in [-0.1, -0.05) is 40.9 Å². The van der Waals surface area contributed by atoms with E-state index in [9.17, 15) is 0 Å². The molecular formula is C12H17BrClNO. The largest absolute Gasteiger partial charge is 0.488 e. The number of hydrogen-bond acceptors (Lipinski definition) is 2. The molecule has 0 fully saturated rings. The minimum absolute atomic E-state index is 0.168. The number of ether oxygens (including phenoxy) is 1. The van der Waals surface area contributed by atoms with E-state index >= 15 is 0 Å². The van der Waals surface area contributed by atoms with Crippen molar-refractivity contribution in [2.45, 2.75) is 25.9 Å². The second-order valence-electron chi connectivity index (χ2n) is 3.66. The Morgan fingerprint density at radius 2 is 2.25 bits per heavy atom. The molecule has 0 saturated heterocycles. The van der Waals surface area contributed by atoms with Gasteiger partial charge < -0.3 is 10.1 Å². The number of nitrogens with one attached hydrogen (secondary N) is 1. The van der Waals surface area contributed by atoms with Gasteiger partial charge in [-0.25, -0.2) is 0 Å². The number of rotatable bonds is 6. The van der Waals surface area contributed by atoms with Crippen molar-refractivity contribution >= 4 is 27.5 Å². The van der Waals surface area contributed by atoms with Crippen molar-refractivity contribution in [3.8, 4) is 5.75 Å². The van der Waals surface area contributed by atoms with E-state index in [1.54, 1.807) is 0 Å². The molecule has 1 aromatic carbocycles. The van der Waals surface area contributed by atoms with Crippen LogP contribution in [0.3, 0.4) is 0 Å². The van der Waals surface area contributed by atoms with Gasteiger partial charge in [0.25, 0.3) is 0 Å². The van der Waals surface area contributed by atoms with Gasteiger partial charge in [0, 0.05) is 11.0 Å². The van der Waals surface area contributed by atoms with Crippen LogP contribution in [0.5, 0.6) is 5.75 Å². The summed E-state index contributed by atoms with van der Waals surface area (Å²) in [4.78, 5) is 0. The fourth-order valence-corrected chi connectivity index (χ4v) is 2.00. The van der Waals surface area contributed by atoms with E-state index in [0.717, 1.165) is 29.6 Å². The summed E-state index contributed by atoms with van der Waals surface area (Å²) in [7, 11) is 1.93. The molecule has 90 valence electrons. The zero-order valence-corrected chi connectivity index (χ0v) is 11.9. The summed E-state index contributed by atoms with van der Waals surface area (Å²) in [6.45, 7) is 2.98. The van der Waals surface area contributed by atoms with Crippen LogP contribution in [-0.2, 0) is 0 Å². The van der Waals surface area contributed by atoms with Gasteiger partial charge in [-0.2, -0.15) is 0 Å². The SMILES string of the molecule is CCCC(CNC)Oc1cc(Br)ccc1Cl. The number of hydrogen-bond donors (Lipinski definition) is 1. The van der Waals surface area contributed by atoms with Crippen molar-refractivity contribution in [2.24, 2.45) is 0 Å². The van der Waals surface area contributed by atoms with Gasteiger partial charge in [0.15, 0.2) is 0 Å². The average Bonchev–Trinajstić information content (AvgIpc) is 2.24. The lowest BCUT2D eigenvalue weighted by atomic mass is 10.2. The Morgan fingerprint density at radius 1 is 1.50 bits per heavy atom. The number of halogens is 2. The lowest BCUT2D eigenvalue weighted by molar-refractivity contribution is 0.189. The second-order valence-corrected chi connectivity index (χ2v) is 4.98. The molecule has 1 rings (SSSR count). The molecule has 4 heteroatoms. The molecule has 0 radical (unpaired) electrons.